The topological polar surface area (TPSA) is 18.5 Å². The molecular formula is C21H44O2. The lowest BCUT2D eigenvalue weighted by atomic mass is 9.86. The summed E-state index contributed by atoms with van der Waals surface area (Å²) < 4.78 is 12.6. The SMILES string of the molecule is CC(C)CC(C)(CC(C)C)OCOC(C)(CC(C)C)CC(C)C. The smallest absolute Gasteiger partial charge is 0.148 e. The summed E-state index contributed by atoms with van der Waals surface area (Å²) >= 11 is 0. The van der Waals surface area contributed by atoms with Gasteiger partial charge in [0.1, 0.15) is 6.79 Å². The van der Waals surface area contributed by atoms with Gasteiger partial charge in [0.15, 0.2) is 0 Å². The van der Waals surface area contributed by atoms with Crippen LogP contribution in [0.2, 0.25) is 0 Å². The lowest BCUT2D eigenvalue weighted by molar-refractivity contribution is -0.199. The number of rotatable bonds is 12. The summed E-state index contributed by atoms with van der Waals surface area (Å²) in [6.45, 7) is 23.1. The molecule has 0 radical (unpaired) electrons. The fourth-order valence-electron chi connectivity index (χ4n) is 4.17. The Bertz CT molecular complexity index is 255. The predicted molar refractivity (Wildman–Crippen MR) is 102 cm³/mol. The molecule has 0 aromatic heterocycles. The highest BCUT2D eigenvalue weighted by atomic mass is 16.7. The molecule has 0 atom stereocenters. The standard InChI is InChI=1S/C21H44O2/c1-16(2)11-20(9,12-17(3)4)22-15-23-21(10,13-18(5)6)14-19(7)8/h16-19H,11-15H2,1-10H3. The molecule has 0 amide bonds. The largest absolute Gasteiger partial charge is 0.349 e. The molecule has 0 unspecified atom stereocenters. The molecule has 0 aliphatic carbocycles. The molecular weight excluding hydrogens is 284 g/mol. The zero-order valence-electron chi connectivity index (χ0n) is 17.7. The van der Waals surface area contributed by atoms with Crippen molar-refractivity contribution in [3.8, 4) is 0 Å². The van der Waals surface area contributed by atoms with Crippen molar-refractivity contribution in [2.24, 2.45) is 23.7 Å². The molecule has 0 aromatic rings. The van der Waals surface area contributed by atoms with Crippen molar-refractivity contribution < 1.29 is 9.47 Å². The number of hydrogen-bond acceptors (Lipinski definition) is 2. The first-order valence-corrected chi connectivity index (χ1v) is 9.65. The molecule has 0 fully saturated rings. The van der Waals surface area contributed by atoms with Crippen LogP contribution < -0.4 is 0 Å². The van der Waals surface area contributed by atoms with Crippen molar-refractivity contribution in [2.75, 3.05) is 6.79 Å². The third-order valence-corrected chi connectivity index (χ3v) is 4.17. The van der Waals surface area contributed by atoms with Gasteiger partial charge in [-0.05, 0) is 63.2 Å². The zero-order valence-corrected chi connectivity index (χ0v) is 17.7. The maximum Gasteiger partial charge on any atom is 0.148 e. The fraction of sp³-hybridized carbons (Fsp3) is 1.00. The van der Waals surface area contributed by atoms with Gasteiger partial charge in [-0.1, -0.05) is 55.4 Å². The van der Waals surface area contributed by atoms with E-state index in [1.165, 1.54) is 0 Å². The van der Waals surface area contributed by atoms with Gasteiger partial charge < -0.3 is 9.47 Å². The summed E-state index contributed by atoms with van der Waals surface area (Å²) in [5, 5.41) is 0. The van der Waals surface area contributed by atoms with Gasteiger partial charge in [-0.25, -0.2) is 0 Å². The monoisotopic (exact) mass is 328 g/mol. The summed E-state index contributed by atoms with van der Waals surface area (Å²) in [6.07, 6.45) is 4.33. The second-order valence-electron chi connectivity index (χ2n) is 9.70. The van der Waals surface area contributed by atoms with Crippen LogP contribution in [-0.4, -0.2) is 18.0 Å². The average Bonchev–Trinajstić information content (AvgIpc) is 2.22. The molecule has 0 saturated carbocycles. The van der Waals surface area contributed by atoms with Gasteiger partial charge in [-0.15, -0.1) is 0 Å². The Morgan fingerprint density at radius 2 is 0.739 bits per heavy atom. The van der Waals surface area contributed by atoms with E-state index in [2.05, 4.69) is 69.2 Å². The lowest BCUT2D eigenvalue weighted by Crippen LogP contribution is -2.38. The van der Waals surface area contributed by atoms with Crippen molar-refractivity contribution in [1.29, 1.82) is 0 Å². The Labute approximate surface area is 146 Å². The number of ether oxygens (including phenoxy) is 2. The van der Waals surface area contributed by atoms with Gasteiger partial charge in [0.25, 0.3) is 0 Å². The molecule has 0 heterocycles. The van der Waals surface area contributed by atoms with Gasteiger partial charge >= 0.3 is 0 Å². The Balaban J connectivity index is 4.73. The third kappa shape index (κ3) is 11.2. The van der Waals surface area contributed by atoms with Crippen LogP contribution in [0.3, 0.4) is 0 Å². The molecule has 0 spiro atoms. The molecule has 0 aromatic carbocycles. The first-order chi connectivity index (χ1) is 10.4. The van der Waals surface area contributed by atoms with Gasteiger partial charge in [-0.2, -0.15) is 0 Å². The molecule has 23 heavy (non-hydrogen) atoms. The van der Waals surface area contributed by atoms with Crippen LogP contribution in [0, 0.1) is 23.7 Å². The molecule has 0 aliphatic rings. The van der Waals surface area contributed by atoms with Crippen molar-refractivity contribution in [1.82, 2.24) is 0 Å². The van der Waals surface area contributed by atoms with E-state index in [1.54, 1.807) is 0 Å². The Kier molecular flexibility index (Phi) is 10.00. The van der Waals surface area contributed by atoms with Crippen LogP contribution in [0.25, 0.3) is 0 Å². The minimum Gasteiger partial charge on any atom is -0.349 e. The van der Waals surface area contributed by atoms with Crippen LogP contribution in [0.1, 0.15) is 94.9 Å². The summed E-state index contributed by atoms with van der Waals surface area (Å²) in [5.74, 6) is 2.54. The quantitative estimate of drug-likeness (QED) is 0.372. The first kappa shape index (κ1) is 22.9. The van der Waals surface area contributed by atoms with E-state index in [-0.39, 0.29) is 11.2 Å². The molecule has 140 valence electrons. The number of hydrogen-bond donors (Lipinski definition) is 0. The van der Waals surface area contributed by atoms with Gasteiger partial charge in [-0.3, -0.25) is 0 Å². The lowest BCUT2D eigenvalue weighted by Gasteiger charge is -2.37. The van der Waals surface area contributed by atoms with E-state index in [1.807, 2.05) is 0 Å². The highest BCUT2D eigenvalue weighted by molar-refractivity contribution is 4.80. The summed E-state index contributed by atoms with van der Waals surface area (Å²) in [4.78, 5) is 0. The van der Waals surface area contributed by atoms with E-state index < -0.39 is 0 Å². The van der Waals surface area contributed by atoms with E-state index in [9.17, 15) is 0 Å². The van der Waals surface area contributed by atoms with E-state index in [0.29, 0.717) is 30.5 Å². The first-order valence-electron chi connectivity index (χ1n) is 9.65. The minimum absolute atomic E-state index is 0.0844. The van der Waals surface area contributed by atoms with Gasteiger partial charge in [0, 0.05) is 0 Å². The summed E-state index contributed by atoms with van der Waals surface area (Å²) in [7, 11) is 0. The van der Waals surface area contributed by atoms with Crippen LogP contribution in [-0.2, 0) is 9.47 Å². The molecule has 0 aliphatic heterocycles. The molecule has 0 bridgehead atoms. The van der Waals surface area contributed by atoms with E-state index in [4.69, 9.17) is 9.47 Å². The Morgan fingerprint density at radius 1 is 0.522 bits per heavy atom. The Hall–Kier alpha value is -0.0800. The minimum atomic E-state index is -0.0844. The Morgan fingerprint density at radius 3 is 0.913 bits per heavy atom. The van der Waals surface area contributed by atoms with Gasteiger partial charge in [0.2, 0.25) is 0 Å². The molecule has 0 rings (SSSR count). The molecule has 0 saturated heterocycles. The second kappa shape index (κ2) is 10.0. The van der Waals surface area contributed by atoms with Crippen molar-refractivity contribution >= 4 is 0 Å². The third-order valence-electron chi connectivity index (χ3n) is 4.17. The molecule has 2 nitrogen and oxygen atoms in total. The van der Waals surface area contributed by atoms with E-state index >= 15 is 0 Å². The highest BCUT2D eigenvalue weighted by Gasteiger charge is 2.31. The van der Waals surface area contributed by atoms with Crippen molar-refractivity contribution in [3.05, 3.63) is 0 Å². The van der Waals surface area contributed by atoms with E-state index in [0.717, 1.165) is 25.7 Å². The van der Waals surface area contributed by atoms with Crippen LogP contribution in [0.4, 0.5) is 0 Å². The van der Waals surface area contributed by atoms with Crippen LogP contribution in [0.15, 0.2) is 0 Å². The normalized spacial score (nSPS) is 13.8. The van der Waals surface area contributed by atoms with Crippen LogP contribution >= 0.6 is 0 Å². The fourth-order valence-corrected chi connectivity index (χ4v) is 4.17. The highest BCUT2D eigenvalue weighted by Crippen LogP contribution is 2.31. The maximum absolute atomic E-state index is 6.29. The second-order valence-corrected chi connectivity index (χ2v) is 9.70. The van der Waals surface area contributed by atoms with Crippen LogP contribution in [0.5, 0.6) is 0 Å². The zero-order chi connectivity index (χ0) is 18.3. The summed E-state index contributed by atoms with van der Waals surface area (Å²) in [5.41, 5.74) is -0.169. The van der Waals surface area contributed by atoms with Gasteiger partial charge in [0.05, 0.1) is 11.2 Å². The molecule has 0 N–H and O–H groups in total. The molecule has 2 heteroatoms. The maximum atomic E-state index is 6.29. The van der Waals surface area contributed by atoms with Crippen molar-refractivity contribution in [2.45, 2.75) is 106 Å². The summed E-state index contributed by atoms with van der Waals surface area (Å²) in [6, 6.07) is 0. The van der Waals surface area contributed by atoms with Crippen molar-refractivity contribution in [3.63, 3.8) is 0 Å². The predicted octanol–water partition coefficient (Wildman–Crippen LogP) is 6.68. The average molecular weight is 329 g/mol.